The zero-order valence-electron chi connectivity index (χ0n) is 10.8. The van der Waals surface area contributed by atoms with Crippen molar-refractivity contribution in [2.45, 2.75) is 12.8 Å². The Morgan fingerprint density at radius 1 is 0.889 bits per heavy atom. The van der Waals surface area contributed by atoms with Gasteiger partial charge in [-0.2, -0.15) is 0 Å². The number of aryl methyl sites for hydroxylation is 1. The minimum Gasteiger partial charge on any atom is -0.345 e. The van der Waals surface area contributed by atoms with Crippen molar-refractivity contribution in [3.05, 3.63) is 60.2 Å². The number of benzene rings is 2. The van der Waals surface area contributed by atoms with Crippen LogP contribution in [-0.4, -0.2) is 13.6 Å². The molecule has 0 aromatic heterocycles. The maximum Gasteiger partial charge on any atom is 0.0408 e. The molecule has 2 aromatic carbocycles. The quantitative estimate of drug-likeness (QED) is 0.868. The normalized spacial score (nSPS) is 10.3. The standard InChI is InChI=1S/C16H20N2/c1-18(15-7-3-2-4-8-15)16-11-9-14(10-12-16)6-5-13-17/h2-4,7-12H,5-6,13,17H2,1H3. The molecule has 0 radical (unpaired) electrons. The molecule has 2 aromatic rings. The van der Waals surface area contributed by atoms with Crippen LogP contribution in [0.3, 0.4) is 0 Å². The third kappa shape index (κ3) is 3.11. The first-order valence-corrected chi connectivity index (χ1v) is 6.39. The lowest BCUT2D eigenvalue weighted by atomic mass is 10.1. The summed E-state index contributed by atoms with van der Waals surface area (Å²) in [6, 6.07) is 19.1. The van der Waals surface area contributed by atoms with Crippen molar-refractivity contribution in [3.63, 3.8) is 0 Å². The first-order valence-electron chi connectivity index (χ1n) is 6.39. The molecule has 0 unspecified atom stereocenters. The average molecular weight is 240 g/mol. The summed E-state index contributed by atoms with van der Waals surface area (Å²) in [4.78, 5) is 2.19. The van der Waals surface area contributed by atoms with Crippen molar-refractivity contribution in [3.8, 4) is 0 Å². The van der Waals surface area contributed by atoms with Crippen molar-refractivity contribution >= 4 is 11.4 Å². The van der Waals surface area contributed by atoms with Crippen LogP contribution >= 0.6 is 0 Å². The van der Waals surface area contributed by atoms with E-state index in [1.54, 1.807) is 0 Å². The van der Waals surface area contributed by atoms with Crippen LogP contribution in [0.1, 0.15) is 12.0 Å². The Morgan fingerprint density at radius 2 is 1.50 bits per heavy atom. The van der Waals surface area contributed by atoms with E-state index in [1.165, 1.54) is 16.9 Å². The van der Waals surface area contributed by atoms with E-state index >= 15 is 0 Å². The molecule has 2 heteroatoms. The van der Waals surface area contributed by atoms with E-state index in [1.807, 2.05) is 6.07 Å². The second-order valence-electron chi connectivity index (χ2n) is 4.45. The molecule has 0 atom stereocenters. The predicted molar refractivity (Wildman–Crippen MR) is 78.3 cm³/mol. The Balaban J connectivity index is 2.09. The molecule has 2 N–H and O–H groups in total. The number of rotatable bonds is 5. The Hall–Kier alpha value is -1.80. The van der Waals surface area contributed by atoms with Gasteiger partial charge in [0.05, 0.1) is 0 Å². The van der Waals surface area contributed by atoms with Crippen LogP contribution in [0, 0.1) is 0 Å². The van der Waals surface area contributed by atoms with E-state index in [4.69, 9.17) is 5.73 Å². The third-order valence-corrected chi connectivity index (χ3v) is 3.14. The molecule has 0 aliphatic carbocycles. The highest BCUT2D eigenvalue weighted by molar-refractivity contribution is 5.62. The number of nitrogens with zero attached hydrogens (tertiary/aromatic N) is 1. The van der Waals surface area contributed by atoms with Gasteiger partial charge < -0.3 is 10.6 Å². The Kier molecular flexibility index (Phi) is 4.37. The third-order valence-electron chi connectivity index (χ3n) is 3.14. The van der Waals surface area contributed by atoms with Gasteiger partial charge in [-0.25, -0.2) is 0 Å². The number of nitrogens with two attached hydrogens (primary N) is 1. The van der Waals surface area contributed by atoms with Crippen LogP contribution in [0.25, 0.3) is 0 Å². The molecule has 0 aliphatic rings. The SMILES string of the molecule is CN(c1ccccc1)c1ccc(CCCN)cc1. The first-order chi connectivity index (χ1) is 8.81. The molecule has 0 bridgehead atoms. The number of hydrogen-bond donors (Lipinski definition) is 1. The summed E-state index contributed by atoms with van der Waals surface area (Å²) < 4.78 is 0. The van der Waals surface area contributed by atoms with Gasteiger partial charge in [0, 0.05) is 18.4 Å². The second kappa shape index (κ2) is 6.22. The average Bonchev–Trinajstić information content (AvgIpc) is 2.46. The zero-order valence-corrected chi connectivity index (χ0v) is 10.8. The Bertz CT molecular complexity index is 462. The van der Waals surface area contributed by atoms with Gasteiger partial charge in [-0.3, -0.25) is 0 Å². The van der Waals surface area contributed by atoms with E-state index in [0.717, 1.165) is 19.4 Å². The molecule has 18 heavy (non-hydrogen) atoms. The topological polar surface area (TPSA) is 29.3 Å². The highest BCUT2D eigenvalue weighted by atomic mass is 15.1. The molecule has 0 amide bonds. The Labute approximate surface area is 109 Å². The number of hydrogen-bond acceptors (Lipinski definition) is 2. The van der Waals surface area contributed by atoms with E-state index in [-0.39, 0.29) is 0 Å². The van der Waals surface area contributed by atoms with Crippen molar-refractivity contribution in [1.82, 2.24) is 0 Å². The molecule has 94 valence electrons. The summed E-state index contributed by atoms with van der Waals surface area (Å²) in [6.45, 7) is 0.756. The lowest BCUT2D eigenvalue weighted by molar-refractivity contribution is 0.832. The molecule has 0 saturated carbocycles. The molecule has 0 fully saturated rings. The van der Waals surface area contributed by atoms with Crippen LogP contribution in [0.2, 0.25) is 0 Å². The predicted octanol–water partition coefficient (Wildman–Crippen LogP) is 3.35. The van der Waals surface area contributed by atoms with Crippen LogP contribution in [0.15, 0.2) is 54.6 Å². The fourth-order valence-electron chi connectivity index (χ4n) is 1.99. The van der Waals surface area contributed by atoms with Gasteiger partial charge in [-0.1, -0.05) is 30.3 Å². The largest absolute Gasteiger partial charge is 0.345 e. The van der Waals surface area contributed by atoms with Crippen molar-refractivity contribution < 1.29 is 0 Å². The van der Waals surface area contributed by atoms with Crippen LogP contribution < -0.4 is 10.6 Å². The first kappa shape index (κ1) is 12.7. The van der Waals surface area contributed by atoms with Crippen LogP contribution in [0.4, 0.5) is 11.4 Å². The van der Waals surface area contributed by atoms with Crippen LogP contribution in [-0.2, 0) is 6.42 Å². The summed E-state index contributed by atoms with van der Waals surface area (Å²) in [7, 11) is 2.09. The molecule has 0 heterocycles. The van der Waals surface area contributed by atoms with Gasteiger partial charge in [-0.15, -0.1) is 0 Å². The monoisotopic (exact) mass is 240 g/mol. The Morgan fingerprint density at radius 3 is 2.11 bits per heavy atom. The van der Waals surface area contributed by atoms with E-state index < -0.39 is 0 Å². The van der Waals surface area contributed by atoms with Gasteiger partial charge in [0.15, 0.2) is 0 Å². The summed E-state index contributed by atoms with van der Waals surface area (Å²) >= 11 is 0. The van der Waals surface area contributed by atoms with Gasteiger partial charge in [0.2, 0.25) is 0 Å². The summed E-state index contributed by atoms with van der Waals surface area (Å²) in [6.07, 6.45) is 2.11. The fourth-order valence-corrected chi connectivity index (χ4v) is 1.99. The summed E-state index contributed by atoms with van der Waals surface area (Å²) in [5.74, 6) is 0. The molecule has 2 nitrogen and oxygen atoms in total. The molecule has 0 spiro atoms. The van der Waals surface area contributed by atoms with Gasteiger partial charge in [0.25, 0.3) is 0 Å². The minimum absolute atomic E-state index is 0.756. The maximum atomic E-state index is 5.52. The zero-order chi connectivity index (χ0) is 12.8. The summed E-state index contributed by atoms with van der Waals surface area (Å²) in [5, 5.41) is 0. The lowest BCUT2D eigenvalue weighted by Gasteiger charge is -2.19. The fraction of sp³-hybridized carbons (Fsp3) is 0.250. The molecular weight excluding hydrogens is 220 g/mol. The van der Waals surface area contributed by atoms with Gasteiger partial charge >= 0.3 is 0 Å². The van der Waals surface area contributed by atoms with E-state index in [0.29, 0.717) is 0 Å². The maximum absolute atomic E-state index is 5.52. The van der Waals surface area contributed by atoms with E-state index in [9.17, 15) is 0 Å². The van der Waals surface area contributed by atoms with Gasteiger partial charge in [0.1, 0.15) is 0 Å². The van der Waals surface area contributed by atoms with E-state index in [2.05, 4.69) is 60.5 Å². The smallest absolute Gasteiger partial charge is 0.0408 e. The van der Waals surface area contributed by atoms with Crippen LogP contribution in [0.5, 0.6) is 0 Å². The number of anilines is 2. The minimum atomic E-state index is 0.756. The molecular formula is C16H20N2. The second-order valence-corrected chi connectivity index (χ2v) is 4.45. The van der Waals surface area contributed by atoms with Crippen molar-refractivity contribution in [2.75, 3.05) is 18.5 Å². The molecule has 0 aliphatic heterocycles. The van der Waals surface area contributed by atoms with Crippen molar-refractivity contribution in [1.29, 1.82) is 0 Å². The van der Waals surface area contributed by atoms with Crippen molar-refractivity contribution in [2.24, 2.45) is 5.73 Å². The molecule has 2 rings (SSSR count). The highest BCUT2D eigenvalue weighted by Crippen LogP contribution is 2.23. The van der Waals surface area contributed by atoms with Gasteiger partial charge in [-0.05, 0) is 49.2 Å². The number of para-hydroxylation sites is 1. The molecule has 0 saturated heterocycles. The summed E-state index contributed by atoms with van der Waals surface area (Å²) in [5.41, 5.74) is 9.28. The highest BCUT2D eigenvalue weighted by Gasteiger charge is 2.02. The lowest BCUT2D eigenvalue weighted by Crippen LogP contribution is -2.09.